The highest BCUT2D eigenvalue weighted by Crippen LogP contribution is 2.23. The lowest BCUT2D eigenvalue weighted by Gasteiger charge is -2.15. The first-order valence-corrected chi connectivity index (χ1v) is 8.02. The Morgan fingerprint density at radius 2 is 2.04 bits per heavy atom. The van der Waals surface area contributed by atoms with Gasteiger partial charge in [0.2, 0.25) is 11.7 Å². The zero-order valence-electron chi connectivity index (χ0n) is 15.0. The molecule has 1 aromatic carbocycles. The maximum Gasteiger partial charge on any atom is 0.271 e. The van der Waals surface area contributed by atoms with E-state index in [1.165, 1.54) is 13.0 Å². The molecule has 0 aliphatic heterocycles. The van der Waals surface area contributed by atoms with Gasteiger partial charge >= 0.3 is 0 Å². The summed E-state index contributed by atoms with van der Waals surface area (Å²) in [6.07, 6.45) is 1.40. The SMILES string of the molecule is C=CCn1c(O)c(C(=O)COc2ccc(C)c(C)c2)c(C)c(C#N)c1=O. The van der Waals surface area contributed by atoms with E-state index in [9.17, 15) is 20.0 Å². The van der Waals surface area contributed by atoms with E-state index in [0.29, 0.717) is 5.75 Å². The van der Waals surface area contributed by atoms with Gasteiger partial charge < -0.3 is 9.84 Å². The van der Waals surface area contributed by atoms with E-state index in [1.54, 1.807) is 12.1 Å². The zero-order chi connectivity index (χ0) is 19.4. The van der Waals surface area contributed by atoms with Gasteiger partial charge in [0.15, 0.2) is 6.61 Å². The largest absolute Gasteiger partial charge is 0.494 e. The average molecular weight is 352 g/mol. The molecule has 2 rings (SSSR count). The number of aryl methyl sites for hydroxylation is 2. The van der Waals surface area contributed by atoms with Crippen molar-refractivity contribution in [2.24, 2.45) is 0 Å². The first-order chi connectivity index (χ1) is 12.3. The van der Waals surface area contributed by atoms with Gasteiger partial charge in [-0.25, -0.2) is 0 Å². The van der Waals surface area contributed by atoms with Crippen molar-refractivity contribution in [3.63, 3.8) is 0 Å². The van der Waals surface area contributed by atoms with Crippen molar-refractivity contribution in [1.82, 2.24) is 4.57 Å². The lowest BCUT2D eigenvalue weighted by molar-refractivity contribution is 0.0916. The number of ketones is 1. The minimum absolute atomic E-state index is 0.0160. The summed E-state index contributed by atoms with van der Waals surface area (Å²) in [4.78, 5) is 24.9. The number of hydrogen-bond acceptors (Lipinski definition) is 5. The normalized spacial score (nSPS) is 10.2. The summed E-state index contributed by atoms with van der Waals surface area (Å²) in [6, 6.07) is 7.25. The van der Waals surface area contributed by atoms with Crippen LogP contribution in [0.1, 0.15) is 32.6 Å². The van der Waals surface area contributed by atoms with Gasteiger partial charge in [-0.2, -0.15) is 5.26 Å². The molecule has 0 saturated carbocycles. The van der Waals surface area contributed by atoms with Gasteiger partial charge in [0.25, 0.3) is 5.56 Å². The molecule has 6 nitrogen and oxygen atoms in total. The van der Waals surface area contributed by atoms with Crippen molar-refractivity contribution in [2.75, 3.05) is 6.61 Å². The molecule has 6 heteroatoms. The van der Waals surface area contributed by atoms with Crippen molar-refractivity contribution in [1.29, 1.82) is 5.26 Å². The van der Waals surface area contributed by atoms with Gasteiger partial charge in [0.05, 0.1) is 5.56 Å². The van der Waals surface area contributed by atoms with Crippen LogP contribution in [0, 0.1) is 32.1 Å². The number of rotatable bonds is 6. The van der Waals surface area contributed by atoms with E-state index in [0.717, 1.165) is 15.7 Å². The topological polar surface area (TPSA) is 92.3 Å². The van der Waals surface area contributed by atoms with Crippen molar-refractivity contribution in [3.05, 3.63) is 69.0 Å². The maximum atomic E-state index is 12.6. The lowest BCUT2D eigenvalue weighted by Crippen LogP contribution is -2.27. The van der Waals surface area contributed by atoms with Crippen LogP contribution in [0.5, 0.6) is 11.6 Å². The second-order valence-electron chi connectivity index (χ2n) is 5.97. The summed E-state index contributed by atoms with van der Waals surface area (Å²) < 4.78 is 6.47. The Bertz CT molecular complexity index is 981. The summed E-state index contributed by atoms with van der Waals surface area (Å²) in [5.41, 5.74) is 1.34. The monoisotopic (exact) mass is 352 g/mol. The van der Waals surface area contributed by atoms with Gasteiger partial charge in [-0.15, -0.1) is 6.58 Å². The van der Waals surface area contributed by atoms with E-state index in [1.807, 2.05) is 26.0 Å². The molecular formula is C20H20N2O4. The van der Waals surface area contributed by atoms with Crippen molar-refractivity contribution >= 4 is 5.78 Å². The van der Waals surface area contributed by atoms with E-state index in [4.69, 9.17) is 4.74 Å². The molecule has 0 spiro atoms. The number of nitrogens with zero attached hydrogens (tertiary/aromatic N) is 2. The standard InChI is InChI=1S/C20H20N2O4/c1-5-8-22-19(24)16(10-21)14(4)18(20(22)25)17(23)11-26-15-7-6-12(2)13(3)9-15/h5-7,9,25H,1,8,11H2,2-4H3. The second kappa shape index (κ2) is 7.70. The average Bonchev–Trinajstić information content (AvgIpc) is 2.60. The molecule has 26 heavy (non-hydrogen) atoms. The Morgan fingerprint density at radius 3 is 2.62 bits per heavy atom. The number of hydrogen-bond donors (Lipinski definition) is 1. The quantitative estimate of drug-likeness (QED) is 0.637. The molecule has 0 aliphatic rings. The smallest absolute Gasteiger partial charge is 0.271 e. The molecule has 1 N–H and O–H groups in total. The van der Waals surface area contributed by atoms with E-state index >= 15 is 0 Å². The number of ether oxygens (including phenoxy) is 1. The van der Waals surface area contributed by atoms with E-state index in [2.05, 4.69) is 6.58 Å². The van der Waals surface area contributed by atoms with E-state index in [-0.39, 0.29) is 29.8 Å². The Labute approximate surface area is 151 Å². The highest BCUT2D eigenvalue weighted by molar-refractivity contribution is 6.01. The predicted molar refractivity (Wildman–Crippen MR) is 97.8 cm³/mol. The Balaban J connectivity index is 2.40. The summed E-state index contributed by atoms with van der Waals surface area (Å²) in [7, 11) is 0. The molecule has 0 radical (unpaired) electrons. The lowest BCUT2D eigenvalue weighted by atomic mass is 10.0. The van der Waals surface area contributed by atoms with Crippen LogP contribution >= 0.6 is 0 Å². The molecule has 1 aromatic heterocycles. The number of benzene rings is 1. The van der Waals surface area contributed by atoms with Crippen molar-refractivity contribution in [3.8, 4) is 17.7 Å². The van der Waals surface area contributed by atoms with Gasteiger partial charge in [-0.05, 0) is 49.6 Å². The van der Waals surface area contributed by atoms with Crippen molar-refractivity contribution < 1.29 is 14.6 Å². The minimum Gasteiger partial charge on any atom is -0.494 e. The molecule has 0 unspecified atom stereocenters. The van der Waals surface area contributed by atoms with Crippen LogP contribution in [-0.4, -0.2) is 22.1 Å². The van der Waals surface area contributed by atoms with Crippen LogP contribution in [0.15, 0.2) is 35.6 Å². The molecule has 2 aromatic rings. The number of allylic oxidation sites excluding steroid dienone is 1. The fourth-order valence-corrected chi connectivity index (χ4v) is 2.61. The summed E-state index contributed by atoms with van der Waals surface area (Å²) in [5, 5.41) is 19.6. The van der Waals surface area contributed by atoms with Gasteiger partial charge in [-0.3, -0.25) is 14.2 Å². The molecule has 134 valence electrons. The van der Waals surface area contributed by atoms with Crippen molar-refractivity contribution in [2.45, 2.75) is 27.3 Å². The van der Waals surface area contributed by atoms with Crippen LogP contribution in [0.25, 0.3) is 0 Å². The third-order valence-corrected chi connectivity index (χ3v) is 4.24. The first kappa shape index (κ1) is 19.0. The molecule has 0 saturated heterocycles. The molecular weight excluding hydrogens is 332 g/mol. The number of nitriles is 1. The highest BCUT2D eigenvalue weighted by Gasteiger charge is 2.23. The molecule has 0 atom stereocenters. The third kappa shape index (κ3) is 3.52. The Morgan fingerprint density at radius 1 is 1.35 bits per heavy atom. The molecule has 0 amide bonds. The highest BCUT2D eigenvalue weighted by atomic mass is 16.5. The van der Waals surface area contributed by atoms with Gasteiger partial charge in [-0.1, -0.05) is 12.1 Å². The maximum absolute atomic E-state index is 12.6. The number of Topliss-reactive ketones (excluding diaryl/α,β-unsaturated/α-hetero) is 1. The number of carbonyl (C=O) groups is 1. The van der Waals surface area contributed by atoms with Crippen LogP contribution in [0.4, 0.5) is 0 Å². The second-order valence-corrected chi connectivity index (χ2v) is 5.97. The van der Waals surface area contributed by atoms with E-state index < -0.39 is 17.2 Å². The molecule has 1 heterocycles. The first-order valence-electron chi connectivity index (χ1n) is 8.02. The number of pyridine rings is 1. The molecule has 0 fully saturated rings. The summed E-state index contributed by atoms with van der Waals surface area (Å²) in [5.74, 6) is -0.480. The zero-order valence-corrected chi connectivity index (χ0v) is 15.0. The summed E-state index contributed by atoms with van der Waals surface area (Å²) >= 11 is 0. The van der Waals surface area contributed by atoms with Crippen LogP contribution in [-0.2, 0) is 6.54 Å². The van der Waals surface area contributed by atoms with Crippen LogP contribution in [0.2, 0.25) is 0 Å². The summed E-state index contributed by atoms with van der Waals surface area (Å²) in [6.45, 7) is 8.54. The third-order valence-electron chi connectivity index (χ3n) is 4.24. The number of aromatic nitrogens is 1. The number of carbonyl (C=O) groups excluding carboxylic acids is 1. The van der Waals surface area contributed by atoms with Crippen LogP contribution in [0.3, 0.4) is 0 Å². The Hall–Kier alpha value is -3.33. The van der Waals surface area contributed by atoms with Crippen LogP contribution < -0.4 is 10.3 Å². The molecule has 0 bridgehead atoms. The fraction of sp³-hybridized carbons (Fsp3) is 0.250. The predicted octanol–water partition coefficient (Wildman–Crippen LogP) is 2.80. The minimum atomic E-state index is -0.658. The molecule has 0 aliphatic carbocycles. The van der Waals surface area contributed by atoms with Gasteiger partial charge in [0.1, 0.15) is 17.4 Å². The Kier molecular flexibility index (Phi) is 5.63. The number of aromatic hydroxyl groups is 1. The van der Waals surface area contributed by atoms with Gasteiger partial charge in [0, 0.05) is 6.54 Å². The fourth-order valence-electron chi connectivity index (χ4n) is 2.61.